The lowest BCUT2D eigenvalue weighted by atomic mass is 10.2. The van der Waals surface area contributed by atoms with Gasteiger partial charge in [0.1, 0.15) is 11.4 Å². The van der Waals surface area contributed by atoms with Crippen molar-refractivity contribution in [3.8, 4) is 5.75 Å². The van der Waals surface area contributed by atoms with Crippen LogP contribution in [0.5, 0.6) is 5.75 Å². The number of benzene rings is 1. The first-order valence-electron chi connectivity index (χ1n) is 6.17. The maximum atomic E-state index is 11.2. The van der Waals surface area contributed by atoms with Gasteiger partial charge in [0, 0.05) is 0 Å². The van der Waals surface area contributed by atoms with Gasteiger partial charge in [0.2, 0.25) is 0 Å². The quantitative estimate of drug-likeness (QED) is 0.771. The number of nitrogens with one attached hydrogen (secondary N) is 1. The first kappa shape index (κ1) is 13.7. The molecule has 0 unspecified atom stereocenters. The second-order valence-corrected chi connectivity index (χ2v) is 4.05. The topological polar surface area (TPSA) is 103 Å². The number of amides is 1. The van der Waals surface area contributed by atoms with Crippen molar-refractivity contribution in [2.45, 2.75) is 6.92 Å². The van der Waals surface area contributed by atoms with Crippen molar-refractivity contribution in [2.75, 3.05) is 17.7 Å². The van der Waals surface area contributed by atoms with Gasteiger partial charge in [0.25, 0.3) is 5.91 Å². The third-order valence-corrected chi connectivity index (χ3v) is 2.62. The summed E-state index contributed by atoms with van der Waals surface area (Å²) in [6.45, 7) is 2.44. The Labute approximate surface area is 116 Å². The fourth-order valence-electron chi connectivity index (χ4n) is 1.69. The van der Waals surface area contributed by atoms with Crippen molar-refractivity contribution in [1.82, 2.24) is 4.98 Å². The Bertz CT molecular complexity index is 628. The Morgan fingerprint density at radius 1 is 1.30 bits per heavy atom. The van der Waals surface area contributed by atoms with Crippen LogP contribution in [0.3, 0.4) is 0 Å². The Morgan fingerprint density at radius 2 is 2.05 bits per heavy atom. The van der Waals surface area contributed by atoms with Crippen LogP contribution in [0, 0.1) is 0 Å². The average Bonchev–Trinajstić information content (AvgIpc) is 2.43. The monoisotopic (exact) mass is 272 g/mol. The minimum Gasteiger partial charge on any atom is -0.492 e. The molecule has 1 aromatic heterocycles. The number of rotatable bonds is 5. The second-order valence-electron chi connectivity index (χ2n) is 4.05. The van der Waals surface area contributed by atoms with Gasteiger partial charge in [0.15, 0.2) is 5.82 Å². The molecule has 0 aliphatic heterocycles. The fourth-order valence-corrected chi connectivity index (χ4v) is 1.69. The molecular formula is C14H16N4O2. The normalized spacial score (nSPS) is 10.1. The van der Waals surface area contributed by atoms with Crippen LogP contribution < -0.4 is 21.5 Å². The van der Waals surface area contributed by atoms with Crippen LogP contribution in [0.15, 0.2) is 36.4 Å². The van der Waals surface area contributed by atoms with Gasteiger partial charge < -0.3 is 21.5 Å². The number of carbonyl (C=O) groups is 1. The number of hydrogen-bond donors (Lipinski definition) is 3. The summed E-state index contributed by atoms with van der Waals surface area (Å²) in [7, 11) is 0. The van der Waals surface area contributed by atoms with Gasteiger partial charge >= 0.3 is 0 Å². The zero-order valence-corrected chi connectivity index (χ0v) is 11.1. The lowest BCUT2D eigenvalue weighted by Gasteiger charge is -2.13. The van der Waals surface area contributed by atoms with Crippen molar-refractivity contribution in [2.24, 2.45) is 5.73 Å². The van der Waals surface area contributed by atoms with E-state index in [0.29, 0.717) is 23.9 Å². The summed E-state index contributed by atoms with van der Waals surface area (Å²) in [5.74, 6) is 0.445. The summed E-state index contributed by atoms with van der Waals surface area (Å²) >= 11 is 0. The van der Waals surface area contributed by atoms with Gasteiger partial charge in [0.05, 0.1) is 18.0 Å². The van der Waals surface area contributed by atoms with Crippen molar-refractivity contribution >= 4 is 23.1 Å². The highest BCUT2D eigenvalue weighted by Gasteiger charge is 2.09. The van der Waals surface area contributed by atoms with Crippen LogP contribution in [0.25, 0.3) is 0 Å². The molecule has 6 nitrogen and oxygen atoms in total. The molecule has 2 rings (SSSR count). The number of nitrogens with two attached hydrogens (primary N) is 2. The molecule has 1 heterocycles. The molecule has 1 aromatic carbocycles. The molecule has 0 saturated heterocycles. The molecule has 0 spiro atoms. The molecule has 104 valence electrons. The van der Waals surface area contributed by atoms with Crippen LogP contribution in [0.1, 0.15) is 17.4 Å². The number of primary amides is 1. The highest BCUT2D eigenvalue weighted by Crippen LogP contribution is 2.29. The lowest BCUT2D eigenvalue weighted by Crippen LogP contribution is -2.14. The number of ether oxygens (including phenoxy) is 1. The number of pyridine rings is 1. The fraction of sp³-hybridized carbons (Fsp3) is 0.143. The van der Waals surface area contributed by atoms with E-state index in [1.165, 1.54) is 6.07 Å². The van der Waals surface area contributed by atoms with Gasteiger partial charge in [-0.15, -0.1) is 0 Å². The zero-order valence-electron chi connectivity index (χ0n) is 11.1. The molecule has 6 heteroatoms. The highest BCUT2D eigenvalue weighted by atomic mass is 16.5. The summed E-state index contributed by atoms with van der Waals surface area (Å²) in [5, 5.41) is 3.05. The Hall–Kier alpha value is -2.76. The van der Waals surface area contributed by atoms with Gasteiger partial charge in [-0.1, -0.05) is 12.1 Å². The molecule has 0 saturated carbocycles. The molecule has 0 fully saturated rings. The second kappa shape index (κ2) is 5.92. The van der Waals surface area contributed by atoms with Gasteiger partial charge in [-0.05, 0) is 31.2 Å². The summed E-state index contributed by atoms with van der Waals surface area (Å²) in [4.78, 5) is 15.3. The Balaban J connectivity index is 2.34. The van der Waals surface area contributed by atoms with Crippen LogP contribution in [-0.2, 0) is 0 Å². The first-order chi connectivity index (χ1) is 9.61. The maximum Gasteiger partial charge on any atom is 0.267 e. The Morgan fingerprint density at radius 3 is 2.75 bits per heavy atom. The standard InChI is InChI=1S/C14H16N4O2/c1-2-20-12-6-4-3-5-10(12)17-14-9(15)7-8-11(18-14)13(16)19/h3-8H,2,15H2,1H3,(H2,16,19)(H,17,18). The number of anilines is 3. The molecule has 1 amide bonds. The van der Waals surface area contributed by atoms with Crippen LogP contribution in [-0.4, -0.2) is 17.5 Å². The summed E-state index contributed by atoms with van der Waals surface area (Å²) in [5.41, 5.74) is 12.3. The lowest BCUT2D eigenvalue weighted by molar-refractivity contribution is 0.0996. The molecule has 0 aliphatic rings. The largest absolute Gasteiger partial charge is 0.492 e. The third kappa shape index (κ3) is 2.97. The molecule has 5 N–H and O–H groups in total. The van der Waals surface area contributed by atoms with Crippen molar-refractivity contribution in [3.63, 3.8) is 0 Å². The number of nitrogen functional groups attached to an aromatic ring is 1. The first-order valence-corrected chi connectivity index (χ1v) is 6.17. The van der Waals surface area contributed by atoms with Crippen molar-refractivity contribution < 1.29 is 9.53 Å². The minimum atomic E-state index is -0.605. The predicted molar refractivity (Wildman–Crippen MR) is 78.1 cm³/mol. The number of nitrogens with zero attached hydrogens (tertiary/aromatic N) is 1. The van der Waals surface area contributed by atoms with Crippen LogP contribution in [0.4, 0.5) is 17.2 Å². The summed E-state index contributed by atoms with van der Waals surface area (Å²) in [6, 6.07) is 10.5. The van der Waals surface area contributed by atoms with E-state index in [9.17, 15) is 4.79 Å². The maximum absolute atomic E-state index is 11.2. The van der Waals surface area contributed by atoms with E-state index in [4.69, 9.17) is 16.2 Å². The summed E-state index contributed by atoms with van der Waals surface area (Å²) in [6.07, 6.45) is 0. The average molecular weight is 272 g/mol. The molecular weight excluding hydrogens is 256 g/mol. The van der Waals surface area contributed by atoms with Crippen molar-refractivity contribution in [3.05, 3.63) is 42.1 Å². The third-order valence-electron chi connectivity index (χ3n) is 2.62. The van der Waals surface area contributed by atoms with E-state index >= 15 is 0 Å². The zero-order chi connectivity index (χ0) is 14.5. The molecule has 20 heavy (non-hydrogen) atoms. The van der Waals surface area contributed by atoms with E-state index in [0.717, 1.165) is 5.69 Å². The summed E-state index contributed by atoms with van der Waals surface area (Å²) < 4.78 is 5.50. The van der Waals surface area contributed by atoms with E-state index in [1.807, 2.05) is 31.2 Å². The van der Waals surface area contributed by atoms with Gasteiger partial charge in [-0.3, -0.25) is 4.79 Å². The molecule has 0 aliphatic carbocycles. The SMILES string of the molecule is CCOc1ccccc1Nc1nc(C(N)=O)ccc1N. The minimum absolute atomic E-state index is 0.149. The van der Waals surface area contributed by atoms with Crippen molar-refractivity contribution in [1.29, 1.82) is 0 Å². The molecule has 0 radical (unpaired) electrons. The number of aromatic nitrogens is 1. The van der Waals surface area contributed by atoms with E-state index < -0.39 is 5.91 Å². The van der Waals surface area contributed by atoms with Crippen LogP contribution >= 0.6 is 0 Å². The van der Waals surface area contributed by atoms with E-state index in [1.54, 1.807) is 6.07 Å². The Kier molecular flexibility index (Phi) is 4.05. The number of carbonyl (C=O) groups excluding carboxylic acids is 1. The predicted octanol–water partition coefficient (Wildman–Crippen LogP) is 1.90. The smallest absolute Gasteiger partial charge is 0.267 e. The van der Waals surface area contributed by atoms with Crippen LogP contribution in [0.2, 0.25) is 0 Å². The van der Waals surface area contributed by atoms with Gasteiger partial charge in [-0.2, -0.15) is 0 Å². The number of para-hydroxylation sites is 2. The molecule has 2 aromatic rings. The molecule has 0 atom stereocenters. The van der Waals surface area contributed by atoms with E-state index in [-0.39, 0.29) is 5.69 Å². The van der Waals surface area contributed by atoms with E-state index in [2.05, 4.69) is 10.3 Å². The van der Waals surface area contributed by atoms with Gasteiger partial charge in [-0.25, -0.2) is 4.98 Å². The number of hydrogen-bond acceptors (Lipinski definition) is 5. The highest BCUT2D eigenvalue weighted by molar-refractivity contribution is 5.92. The molecule has 0 bridgehead atoms.